The molecule has 1 aromatic rings. The van der Waals surface area contributed by atoms with Crippen molar-refractivity contribution in [2.75, 3.05) is 6.54 Å². The maximum Gasteiger partial charge on any atom is 0.269 e. The SMILES string of the molecule is CCn1nc(C)cc1C(=O)NCC[C@H](O)C(C)(C)C. The molecule has 1 aromatic heterocycles. The zero-order chi connectivity index (χ0) is 14.6. The Morgan fingerprint density at radius 3 is 2.68 bits per heavy atom. The normalized spacial score (nSPS) is 13.4. The molecule has 0 saturated carbocycles. The first-order chi connectivity index (χ1) is 8.75. The fourth-order valence-electron chi connectivity index (χ4n) is 1.82. The largest absolute Gasteiger partial charge is 0.393 e. The molecule has 1 amide bonds. The first-order valence-electron chi connectivity index (χ1n) is 6.76. The van der Waals surface area contributed by atoms with Crippen LogP contribution in [0.25, 0.3) is 0 Å². The lowest BCUT2D eigenvalue weighted by Gasteiger charge is -2.25. The van der Waals surface area contributed by atoms with Crippen LogP contribution in [0, 0.1) is 12.3 Å². The summed E-state index contributed by atoms with van der Waals surface area (Å²) in [6, 6.07) is 1.78. The Morgan fingerprint density at radius 1 is 1.53 bits per heavy atom. The third-order valence-electron chi connectivity index (χ3n) is 3.14. The topological polar surface area (TPSA) is 67.2 Å². The molecule has 0 aliphatic rings. The van der Waals surface area contributed by atoms with Crippen LogP contribution in [0.3, 0.4) is 0 Å². The number of rotatable bonds is 5. The summed E-state index contributed by atoms with van der Waals surface area (Å²) in [5.41, 5.74) is 1.25. The van der Waals surface area contributed by atoms with Crippen molar-refractivity contribution in [2.45, 2.75) is 53.7 Å². The fourth-order valence-corrected chi connectivity index (χ4v) is 1.82. The average Bonchev–Trinajstić information content (AvgIpc) is 2.69. The maximum absolute atomic E-state index is 12.0. The zero-order valence-corrected chi connectivity index (χ0v) is 12.5. The maximum atomic E-state index is 12.0. The average molecular weight is 267 g/mol. The van der Waals surface area contributed by atoms with Crippen LogP contribution in [-0.4, -0.2) is 33.4 Å². The van der Waals surface area contributed by atoms with Crippen LogP contribution in [0.4, 0.5) is 0 Å². The van der Waals surface area contributed by atoms with E-state index in [0.29, 0.717) is 25.2 Å². The molecular weight excluding hydrogens is 242 g/mol. The van der Waals surface area contributed by atoms with Crippen molar-refractivity contribution in [1.82, 2.24) is 15.1 Å². The van der Waals surface area contributed by atoms with E-state index in [4.69, 9.17) is 0 Å². The number of carbonyl (C=O) groups excluding carboxylic acids is 1. The number of nitrogens with one attached hydrogen (secondary N) is 1. The number of nitrogens with zero attached hydrogens (tertiary/aromatic N) is 2. The van der Waals surface area contributed by atoms with Gasteiger partial charge in [0.05, 0.1) is 11.8 Å². The molecule has 0 fully saturated rings. The standard InChI is InChI=1S/C14H25N3O2/c1-6-17-11(9-10(2)16-17)13(19)15-8-7-12(18)14(3,4)5/h9,12,18H,6-8H2,1-5H3,(H,15,19)/t12-/m0/s1. The van der Waals surface area contributed by atoms with Gasteiger partial charge in [-0.1, -0.05) is 20.8 Å². The van der Waals surface area contributed by atoms with Gasteiger partial charge in [0.2, 0.25) is 0 Å². The van der Waals surface area contributed by atoms with Crippen LogP contribution in [0.2, 0.25) is 0 Å². The minimum absolute atomic E-state index is 0.136. The van der Waals surface area contributed by atoms with Crippen LogP contribution >= 0.6 is 0 Å². The number of aliphatic hydroxyl groups excluding tert-OH is 1. The molecule has 0 aliphatic heterocycles. The van der Waals surface area contributed by atoms with E-state index in [9.17, 15) is 9.90 Å². The number of carbonyl (C=O) groups is 1. The van der Waals surface area contributed by atoms with Crippen molar-refractivity contribution < 1.29 is 9.90 Å². The van der Waals surface area contributed by atoms with Crippen LogP contribution in [0.1, 0.15) is 50.3 Å². The fraction of sp³-hybridized carbons (Fsp3) is 0.714. The van der Waals surface area contributed by atoms with E-state index in [-0.39, 0.29) is 11.3 Å². The van der Waals surface area contributed by atoms with Crippen molar-refractivity contribution >= 4 is 5.91 Å². The Morgan fingerprint density at radius 2 is 2.16 bits per heavy atom. The Hall–Kier alpha value is -1.36. The van der Waals surface area contributed by atoms with E-state index in [0.717, 1.165) is 5.69 Å². The lowest BCUT2D eigenvalue weighted by atomic mass is 9.87. The van der Waals surface area contributed by atoms with Crippen LogP contribution in [0.15, 0.2) is 6.07 Å². The van der Waals surface area contributed by atoms with Gasteiger partial charge in [0.25, 0.3) is 5.91 Å². The van der Waals surface area contributed by atoms with Crippen molar-refractivity contribution in [1.29, 1.82) is 0 Å². The smallest absolute Gasteiger partial charge is 0.269 e. The monoisotopic (exact) mass is 267 g/mol. The lowest BCUT2D eigenvalue weighted by molar-refractivity contribution is 0.0550. The number of aromatic nitrogens is 2. The van der Waals surface area contributed by atoms with Crippen LogP contribution in [-0.2, 0) is 6.54 Å². The molecule has 0 unspecified atom stereocenters. The molecule has 1 atom stereocenters. The Labute approximate surface area is 115 Å². The van der Waals surface area contributed by atoms with Gasteiger partial charge in [-0.2, -0.15) is 5.10 Å². The summed E-state index contributed by atoms with van der Waals surface area (Å²) in [6.45, 7) is 10.9. The van der Waals surface area contributed by atoms with Gasteiger partial charge < -0.3 is 10.4 Å². The van der Waals surface area contributed by atoms with Gasteiger partial charge in [-0.15, -0.1) is 0 Å². The molecule has 0 aliphatic carbocycles. The second-order valence-corrected chi connectivity index (χ2v) is 5.91. The Balaban J connectivity index is 2.52. The number of hydrogen-bond donors (Lipinski definition) is 2. The van der Waals surface area contributed by atoms with Gasteiger partial charge >= 0.3 is 0 Å². The molecular formula is C14H25N3O2. The first kappa shape index (κ1) is 15.7. The predicted molar refractivity (Wildman–Crippen MR) is 75.1 cm³/mol. The number of aliphatic hydroxyl groups is 1. The zero-order valence-electron chi connectivity index (χ0n) is 12.5. The third kappa shape index (κ3) is 4.35. The summed E-state index contributed by atoms with van der Waals surface area (Å²) in [7, 11) is 0. The second kappa shape index (κ2) is 6.19. The van der Waals surface area contributed by atoms with Crippen molar-refractivity contribution in [3.63, 3.8) is 0 Å². The van der Waals surface area contributed by atoms with E-state index >= 15 is 0 Å². The quantitative estimate of drug-likeness (QED) is 0.854. The van der Waals surface area contributed by atoms with Gasteiger partial charge in [0, 0.05) is 13.1 Å². The second-order valence-electron chi connectivity index (χ2n) is 5.91. The molecule has 5 heteroatoms. The molecule has 5 nitrogen and oxygen atoms in total. The highest BCUT2D eigenvalue weighted by atomic mass is 16.3. The minimum Gasteiger partial charge on any atom is -0.393 e. The van der Waals surface area contributed by atoms with Gasteiger partial charge in [0.1, 0.15) is 5.69 Å². The molecule has 1 rings (SSSR count). The third-order valence-corrected chi connectivity index (χ3v) is 3.14. The predicted octanol–water partition coefficient (Wildman–Crippen LogP) is 1.74. The molecule has 0 saturated heterocycles. The highest BCUT2D eigenvalue weighted by molar-refractivity contribution is 5.92. The summed E-state index contributed by atoms with van der Waals surface area (Å²) < 4.78 is 1.69. The van der Waals surface area contributed by atoms with Gasteiger partial charge in [-0.3, -0.25) is 9.48 Å². The molecule has 2 N–H and O–H groups in total. The van der Waals surface area contributed by atoms with Gasteiger partial charge in [-0.05, 0) is 31.7 Å². The minimum atomic E-state index is -0.425. The van der Waals surface area contributed by atoms with Crippen molar-refractivity contribution in [3.05, 3.63) is 17.5 Å². The number of amides is 1. The summed E-state index contributed by atoms with van der Waals surface area (Å²) in [4.78, 5) is 12.0. The number of hydrogen-bond acceptors (Lipinski definition) is 3. The van der Waals surface area contributed by atoms with Gasteiger partial charge in [0.15, 0.2) is 0 Å². The van der Waals surface area contributed by atoms with Gasteiger partial charge in [-0.25, -0.2) is 0 Å². The molecule has 1 heterocycles. The molecule has 0 spiro atoms. The highest BCUT2D eigenvalue weighted by Gasteiger charge is 2.22. The lowest BCUT2D eigenvalue weighted by Crippen LogP contribution is -2.33. The summed E-state index contributed by atoms with van der Waals surface area (Å²) in [6.07, 6.45) is 0.125. The Bertz CT molecular complexity index is 432. The highest BCUT2D eigenvalue weighted by Crippen LogP contribution is 2.20. The van der Waals surface area contributed by atoms with E-state index in [2.05, 4.69) is 10.4 Å². The van der Waals surface area contributed by atoms with Crippen LogP contribution < -0.4 is 5.32 Å². The van der Waals surface area contributed by atoms with Crippen molar-refractivity contribution in [3.8, 4) is 0 Å². The Kier molecular flexibility index (Phi) is 5.11. The van der Waals surface area contributed by atoms with E-state index < -0.39 is 6.10 Å². The molecule has 0 aromatic carbocycles. The van der Waals surface area contributed by atoms with Crippen molar-refractivity contribution in [2.24, 2.45) is 5.41 Å². The first-order valence-corrected chi connectivity index (χ1v) is 6.76. The summed E-state index contributed by atoms with van der Waals surface area (Å²) in [5, 5.41) is 17.0. The molecule has 0 radical (unpaired) electrons. The van der Waals surface area contributed by atoms with E-state index in [1.54, 1.807) is 10.7 Å². The number of aryl methyl sites for hydroxylation is 2. The summed E-state index contributed by atoms with van der Waals surface area (Å²) >= 11 is 0. The molecule has 108 valence electrons. The molecule has 0 bridgehead atoms. The van der Waals surface area contributed by atoms with E-state index in [1.807, 2.05) is 34.6 Å². The summed E-state index contributed by atoms with van der Waals surface area (Å²) in [5.74, 6) is -0.136. The molecule has 19 heavy (non-hydrogen) atoms. The van der Waals surface area contributed by atoms with Crippen LogP contribution in [0.5, 0.6) is 0 Å². The van der Waals surface area contributed by atoms with E-state index in [1.165, 1.54) is 0 Å².